The topological polar surface area (TPSA) is 49.8 Å². The Balaban J connectivity index is 2.70. The first-order valence-electron chi connectivity index (χ1n) is 6.47. The number of aliphatic hydroxyl groups is 1. The van der Waals surface area contributed by atoms with Crippen molar-refractivity contribution in [2.24, 2.45) is 0 Å². The number of hydrogen-bond donors (Lipinski definition) is 1. The molecule has 100 valence electrons. The smallest absolute Gasteiger partial charge is 0.410 e. The highest BCUT2D eigenvalue weighted by Crippen LogP contribution is 2.26. The summed E-state index contributed by atoms with van der Waals surface area (Å²) in [6.07, 6.45) is 3.49. The number of carbonyl (C=O) groups is 1. The molecule has 1 saturated heterocycles. The van der Waals surface area contributed by atoms with Crippen molar-refractivity contribution in [3.05, 3.63) is 0 Å². The maximum Gasteiger partial charge on any atom is 0.410 e. The SMILES string of the molecule is C[C@@H]1CCC[C@@H](CCO)N1C(=O)OC(C)(C)C. The number of carbonyl (C=O) groups excluding carboxylic acids is 1. The average molecular weight is 243 g/mol. The van der Waals surface area contributed by atoms with E-state index in [1.165, 1.54) is 0 Å². The lowest BCUT2D eigenvalue weighted by Crippen LogP contribution is -2.50. The summed E-state index contributed by atoms with van der Waals surface area (Å²) in [5.74, 6) is 0. The summed E-state index contributed by atoms with van der Waals surface area (Å²) < 4.78 is 5.43. The van der Waals surface area contributed by atoms with Crippen molar-refractivity contribution >= 4 is 6.09 Å². The second kappa shape index (κ2) is 5.71. The highest BCUT2D eigenvalue weighted by Gasteiger charge is 2.34. The summed E-state index contributed by atoms with van der Waals surface area (Å²) >= 11 is 0. The molecule has 1 amide bonds. The largest absolute Gasteiger partial charge is 0.444 e. The first-order chi connectivity index (χ1) is 7.85. The number of amides is 1. The van der Waals surface area contributed by atoms with Crippen molar-refractivity contribution in [2.45, 2.75) is 71.1 Å². The molecule has 0 aromatic heterocycles. The molecule has 1 N–H and O–H groups in total. The molecule has 1 heterocycles. The fourth-order valence-electron chi connectivity index (χ4n) is 2.36. The fourth-order valence-corrected chi connectivity index (χ4v) is 2.36. The molecule has 0 radical (unpaired) electrons. The molecule has 0 bridgehead atoms. The third-order valence-corrected chi connectivity index (χ3v) is 3.09. The van der Waals surface area contributed by atoms with Crippen LogP contribution in [0.15, 0.2) is 0 Å². The Bertz CT molecular complexity index is 258. The Morgan fingerprint density at radius 1 is 1.41 bits per heavy atom. The molecule has 4 nitrogen and oxygen atoms in total. The number of ether oxygens (including phenoxy) is 1. The number of rotatable bonds is 2. The summed E-state index contributed by atoms with van der Waals surface area (Å²) in [6.45, 7) is 7.80. The minimum absolute atomic E-state index is 0.122. The van der Waals surface area contributed by atoms with Crippen molar-refractivity contribution in [1.82, 2.24) is 4.90 Å². The van der Waals surface area contributed by atoms with Crippen LogP contribution in [-0.2, 0) is 4.74 Å². The summed E-state index contributed by atoms with van der Waals surface area (Å²) in [6, 6.07) is 0.328. The monoisotopic (exact) mass is 243 g/mol. The third-order valence-electron chi connectivity index (χ3n) is 3.09. The van der Waals surface area contributed by atoms with Gasteiger partial charge in [0.05, 0.1) is 0 Å². The minimum atomic E-state index is -0.460. The Morgan fingerprint density at radius 2 is 2.06 bits per heavy atom. The van der Waals surface area contributed by atoms with Crippen LogP contribution >= 0.6 is 0 Å². The van der Waals surface area contributed by atoms with Gasteiger partial charge in [-0.1, -0.05) is 0 Å². The summed E-state index contributed by atoms with van der Waals surface area (Å²) in [5, 5.41) is 9.06. The van der Waals surface area contributed by atoms with Gasteiger partial charge in [-0.15, -0.1) is 0 Å². The van der Waals surface area contributed by atoms with Crippen molar-refractivity contribution in [2.75, 3.05) is 6.61 Å². The van der Waals surface area contributed by atoms with Crippen LogP contribution in [0.2, 0.25) is 0 Å². The molecule has 0 spiro atoms. The molecule has 0 aliphatic carbocycles. The van der Waals surface area contributed by atoms with Crippen LogP contribution < -0.4 is 0 Å². The van der Waals surface area contributed by atoms with Crippen molar-refractivity contribution in [3.8, 4) is 0 Å². The first-order valence-corrected chi connectivity index (χ1v) is 6.47. The van der Waals surface area contributed by atoms with Crippen molar-refractivity contribution in [3.63, 3.8) is 0 Å². The predicted molar refractivity (Wildman–Crippen MR) is 66.9 cm³/mol. The standard InChI is InChI=1S/C13H25NO3/c1-10-6-5-7-11(8-9-15)14(10)12(16)17-13(2,3)4/h10-11,15H,5-9H2,1-4H3/t10-,11+/m1/s1. The Kier molecular flexibility index (Phi) is 4.80. The van der Waals surface area contributed by atoms with Crippen LogP contribution in [0.5, 0.6) is 0 Å². The van der Waals surface area contributed by atoms with Crippen LogP contribution in [-0.4, -0.2) is 40.4 Å². The normalized spacial score (nSPS) is 25.8. The van der Waals surface area contributed by atoms with Crippen LogP contribution in [0.3, 0.4) is 0 Å². The van der Waals surface area contributed by atoms with Gasteiger partial charge in [-0.25, -0.2) is 4.79 Å². The van der Waals surface area contributed by atoms with Crippen molar-refractivity contribution < 1.29 is 14.6 Å². The predicted octanol–water partition coefficient (Wildman–Crippen LogP) is 2.55. The molecular weight excluding hydrogens is 218 g/mol. The van der Waals surface area contributed by atoms with Crippen LogP contribution in [0.1, 0.15) is 53.4 Å². The maximum atomic E-state index is 12.1. The van der Waals surface area contributed by atoms with E-state index in [1.807, 2.05) is 32.6 Å². The molecule has 1 aliphatic rings. The number of likely N-dealkylation sites (tertiary alicyclic amines) is 1. The molecular formula is C13H25NO3. The second-order valence-corrected chi connectivity index (χ2v) is 5.83. The van der Waals surface area contributed by atoms with Gasteiger partial charge in [0.25, 0.3) is 0 Å². The maximum absolute atomic E-state index is 12.1. The van der Waals surface area contributed by atoms with E-state index >= 15 is 0 Å². The Labute approximate surface area is 104 Å². The van der Waals surface area contributed by atoms with E-state index in [2.05, 4.69) is 0 Å². The van der Waals surface area contributed by atoms with Gasteiger partial charge in [0, 0.05) is 18.7 Å². The molecule has 0 saturated carbocycles. The molecule has 0 aromatic rings. The zero-order chi connectivity index (χ0) is 13.1. The van der Waals surface area contributed by atoms with E-state index in [-0.39, 0.29) is 24.8 Å². The zero-order valence-corrected chi connectivity index (χ0v) is 11.4. The average Bonchev–Trinajstić information content (AvgIpc) is 2.15. The fraction of sp³-hybridized carbons (Fsp3) is 0.923. The van der Waals surface area contributed by atoms with Crippen LogP contribution in [0, 0.1) is 0 Å². The zero-order valence-electron chi connectivity index (χ0n) is 11.4. The van der Waals surface area contributed by atoms with Gasteiger partial charge in [0.2, 0.25) is 0 Å². The number of aliphatic hydroxyl groups excluding tert-OH is 1. The number of nitrogens with zero attached hydrogens (tertiary/aromatic N) is 1. The van der Waals surface area contributed by atoms with Crippen LogP contribution in [0.25, 0.3) is 0 Å². The molecule has 17 heavy (non-hydrogen) atoms. The van der Waals surface area contributed by atoms with E-state index in [4.69, 9.17) is 9.84 Å². The molecule has 1 fully saturated rings. The lowest BCUT2D eigenvalue weighted by Gasteiger charge is -2.41. The molecule has 4 heteroatoms. The second-order valence-electron chi connectivity index (χ2n) is 5.83. The summed E-state index contributed by atoms with van der Waals surface area (Å²) in [5.41, 5.74) is -0.460. The van der Waals surface area contributed by atoms with Gasteiger partial charge in [-0.05, 0) is 53.4 Å². The molecule has 0 aromatic carbocycles. The van der Waals surface area contributed by atoms with E-state index in [9.17, 15) is 4.79 Å². The highest BCUT2D eigenvalue weighted by atomic mass is 16.6. The molecule has 1 rings (SSSR count). The minimum Gasteiger partial charge on any atom is -0.444 e. The molecule has 1 aliphatic heterocycles. The summed E-state index contributed by atoms with van der Waals surface area (Å²) in [7, 11) is 0. The quantitative estimate of drug-likeness (QED) is 0.811. The number of piperidine rings is 1. The van der Waals surface area contributed by atoms with Gasteiger partial charge in [-0.2, -0.15) is 0 Å². The van der Waals surface area contributed by atoms with Crippen molar-refractivity contribution in [1.29, 1.82) is 0 Å². The van der Waals surface area contributed by atoms with Gasteiger partial charge < -0.3 is 14.7 Å². The lowest BCUT2D eigenvalue weighted by molar-refractivity contribution is -0.00604. The Hall–Kier alpha value is -0.770. The van der Waals surface area contributed by atoms with E-state index in [0.29, 0.717) is 6.42 Å². The van der Waals surface area contributed by atoms with E-state index < -0.39 is 5.60 Å². The van der Waals surface area contributed by atoms with Gasteiger partial charge in [-0.3, -0.25) is 0 Å². The van der Waals surface area contributed by atoms with Gasteiger partial charge >= 0.3 is 6.09 Å². The highest BCUT2D eigenvalue weighted by molar-refractivity contribution is 5.69. The first kappa shape index (κ1) is 14.3. The van der Waals surface area contributed by atoms with E-state index in [1.54, 1.807) is 0 Å². The Morgan fingerprint density at radius 3 is 2.59 bits per heavy atom. The number of hydrogen-bond acceptors (Lipinski definition) is 3. The third kappa shape index (κ3) is 4.19. The van der Waals surface area contributed by atoms with Gasteiger partial charge in [0.1, 0.15) is 5.60 Å². The molecule has 0 unspecified atom stereocenters. The summed E-state index contributed by atoms with van der Waals surface area (Å²) in [4.78, 5) is 13.9. The molecule has 2 atom stereocenters. The van der Waals surface area contributed by atoms with Crippen LogP contribution in [0.4, 0.5) is 4.79 Å². The lowest BCUT2D eigenvalue weighted by atomic mass is 9.95. The van der Waals surface area contributed by atoms with Gasteiger partial charge in [0.15, 0.2) is 0 Å². The van der Waals surface area contributed by atoms with E-state index in [0.717, 1.165) is 19.3 Å².